The van der Waals surface area contributed by atoms with Gasteiger partial charge in [0.2, 0.25) is 0 Å². The molecule has 1 aromatic heterocycles. The summed E-state index contributed by atoms with van der Waals surface area (Å²) >= 11 is 5.82. The van der Waals surface area contributed by atoms with Crippen molar-refractivity contribution in [2.75, 3.05) is 13.1 Å². The Morgan fingerprint density at radius 1 is 1.12 bits per heavy atom. The number of benzene rings is 1. The summed E-state index contributed by atoms with van der Waals surface area (Å²) in [5, 5.41) is 0.585. The van der Waals surface area contributed by atoms with Crippen molar-refractivity contribution in [3.05, 3.63) is 59.4 Å². The molecule has 1 aliphatic heterocycles. The predicted molar refractivity (Wildman–Crippen MR) is 90.0 cm³/mol. The van der Waals surface area contributed by atoms with E-state index in [-0.39, 0.29) is 17.8 Å². The van der Waals surface area contributed by atoms with Crippen LogP contribution in [0.25, 0.3) is 0 Å². The van der Waals surface area contributed by atoms with E-state index in [0.717, 1.165) is 6.42 Å². The minimum Gasteiger partial charge on any atom is -0.426 e. The highest BCUT2D eigenvalue weighted by atomic mass is 35.5. The standard InChI is InChI=1S/C18H17ClN2O3/c19-15-3-5-16(6-4-15)24-18(23)14-2-1-11-21(12-14)17(22)13-7-9-20-10-8-13/h3-10,14H,1-2,11-12H2/t14-/m1/s1. The van der Waals surface area contributed by atoms with Gasteiger partial charge in [-0.15, -0.1) is 0 Å². The first kappa shape index (κ1) is 16.5. The van der Waals surface area contributed by atoms with Gasteiger partial charge in [0.05, 0.1) is 5.92 Å². The van der Waals surface area contributed by atoms with E-state index in [0.29, 0.717) is 35.8 Å². The maximum absolute atomic E-state index is 12.5. The van der Waals surface area contributed by atoms with Gasteiger partial charge in [-0.25, -0.2) is 0 Å². The molecule has 1 saturated heterocycles. The summed E-state index contributed by atoms with van der Waals surface area (Å²) in [6.07, 6.45) is 4.66. The highest BCUT2D eigenvalue weighted by molar-refractivity contribution is 6.30. The second kappa shape index (κ2) is 7.45. The van der Waals surface area contributed by atoms with Gasteiger partial charge in [-0.2, -0.15) is 0 Å². The van der Waals surface area contributed by atoms with Crippen LogP contribution >= 0.6 is 11.6 Å². The number of amides is 1. The molecule has 0 radical (unpaired) electrons. The Hall–Kier alpha value is -2.40. The number of carbonyl (C=O) groups is 2. The molecule has 5 nitrogen and oxygen atoms in total. The van der Waals surface area contributed by atoms with E-state index in [1.165, 1.54) is 0 Å². The molecule has 24 heavy (non-hydrogen) atoms. The van der Waals surface area contributed by atoms with Gasteiger partial charge in [-0.05, 0) is 49.2 Å². The third kappa shape index (κ3) is 3.92. The number of pyridine rings is 1. The zero-order chi connectivity index (χ0) is 16.9. The van der Waals surface area contributed by atoms with Crippen molar-refractivity contribution in [3.8, 4) is 5.75 Å². The molecule has 0 spiro atoms. The second-order valence-corrected chi connectivity index (χ2v) is 6.14. The van der Waals surface area contributed by atoms with E-state index in [2.05, 4.69) is 4.98 Å². The molecule has 2 heterocycles. The molecule has 0 aliphatic carbocycles. The summed E-state index contributed by atoms with van der Waals surface area (Å²) in [4.78, 5) is 30.5. The van der Waals surface area contributed by atoms with Crippen LogP contribution in [0.2, 0.25) is 5.02 Å². The quantitative estimate of drug-likeness (QED) is 0.633. The number of hydrogen-bond donors (Lipinski definition) is 0. The summed E-state index contributed by atoms with van der Waals surface area (Å²) in [5.41, 5.74) is 0.580. The molecule has 3 rings (SSSR count). The van der Waals surface area contributed by atoms with E-state index in [4.69, 9.17) is 16.3 Å². The number of rotatable bonds is 3. The fraction of sp³-hybridized carbons (Fsp3) is 0.278. The van der Waals surface area contributed by atoms with Gasteiger partial charge < -0.3 is 9.64 Å². The molecular formula is C18H17ClN2O3. The van der Waals surface area contributed by atoms with Crippen molar-refractivity contribution in [1.82, 2.24) is 9.88 Å². The van der Waals surface area contributed by atoms with Gasteiger partial charge >= 0.3 is 5.97 Å². The van der Waals surface area contributed by atoms with E-state index >= 15 is 0 Å². The van der Waals surface area contributed by atoms with Crippen molar-refractivity contribution in [2.45, 2.75) is 12.8 Å². The zero-order valence-electron chi connectivity index (χ0n) is 13.0. The van der Waals surface area contributed by atoms with Crippen LogP contribution in [0.4, 0.5) is 0 Å². The number of piperidine rings is 1. The first-order valence-corrected chi connectivity index (χ1v) is 8.18. The number of aromatic nitrogens is 1. The monoisotopic (exact) mass is 344 g/mol. The minimum atomic E-state index is -0.319. The lowest BCUT2D eigenvalue weighted by atomic mass is 9.97. The Balaban J connectivity index is 1.63. The zero-order valence-corrected chi connectivity index (χ0v) is 13.8. The molecule has 0 unspecified atom stereocenters. The number of nitrogens with zero attached hydrogens (tertiary/aromatic N) is 2. The molecule has 0 N–H and O–H groups in total. The predicted octanol–water partition coefficient (Wildman–Crippen LogP) is 3.19. The van der Waals surface area contributed by atoms with Gasteiger partial charge in [-0.1, -0.05) is 11.6 Å². The summed E-state index contributed by atoms with van der Waals surface area (Å²) in [6, 6.07) is 10.0. The topological polar surface area (TPSA) is 59.5 Å². The fourth-order valence-corrected chi connectivity index (χ4v) is 2.86. The van der Waals surface area contributed by atoms with Crippen LogP contribution in [0.15, 0.2) is 48.8 Å². The maximum Gasteiger partial charge on any atom is 0.316 e. The Labute approximate surface area is 145 Å². The Morgan fingerprint density at radius 2 is 1.83 bits per heavy atom. The molecule has 0 saturated carbocycles. The molecule has 0 bridgehead atoms. The van der Waals surface area contributed by atoms with E-state index in [9.17, 15) is 9.59 Å². The third-order valence-electron chi connectivity index (χ3n) is 4.00. The van der Waals surface area contributed by atoms with Crippen LogP contribution in [-0.2, 0) is 4.79 Å². The van der Waals surface area contributed by atoms with Crippen molar-refractivity contribution in [1.29, 1.82) is 0 Å². The maximum atomic E-state index is 12.5. The first-order valence-electron chi connectivity index (χ1n) is 7.80. The van der Waals surface area contributed by atoms with Crippen LogP contribution in [0.1, 0.15) is 23.2 Å². The Kier molecular flexibility index (Phi) is 5.11. The lowest BCUT2D eigenvalue weighted by Crippen LogP contribution is -2.43. The lowest BCUT2D eigenvalue weighted by molar-refractivity contribution is -0.140. The molecule has 1 fully saturated rings. The summed E-state index contributed by atoms with van der Waals surface area (Å²) in [5.74, 6) is -0.256. The Bertz CT molecular complexity index is 719. The Morgan fingerprint density at radius 3 is 2.54 bits per heavy atom. The van der Waals surface area contributed by atoms with Gasteiger partial charge in [0, 0.05) is 36.1 Å². The number of hydrogen-bond acceptors (Lipinski definition) is 4. The van der Waals surface area contributed by atoms with Gasteiger partial charge in [-0.3, -0.25) is 14.6 Å². The van der Waals surface area contributed by atoms with Crippen molar-refractivity contribution < 1.29 is 14.3 Å². The highest BCUT2D eigenvalue weighted by Crippen LogP contribution is 2.22. The van der Waals surface area contributed by atoms with Crippen molar-refractivity contribution >= 4 is 23.5 Å². The summed E-state index contributed by atoms with van der Waals surface area (Å²) < 4.78 is 5.40. The van der Waals surface area contributed by atoms with Crippen LogP contribution in [0.3, 0.4) is 0 Å². The van der Waals surface area contributed by atoms with Crippen LogP contribution in [-0.4, -0.2) is 34.8 Å². The number of likely N-dealkylation sites (tertiary alicyclic amines) is 1. The number of esters is 1. The second-order valence-electron chi connectivity index (χ2n) is 5.70. The van der Waals surface area contributed by atoms with Gasteiger partial charge in [0.15, 0.2) is 0 Å². The molecule has 1 aliphatic rings. The van der Waals surface area contributed by atoms with Gasteiger partial charge in [0.25, 0.3) is 5.91 Å². The number of ether oxygens (including phenoxy) is 1. The molecule has 1 aromatic carbocycles. The average Bonchev–Trinajstić information content (AvgIpc) is 2.64. The molecule has 124 valence electrons. The van der Waals surface area contributed by atoms with E-state index in [1.54, 1.807) is 53.7 Å². The molecule has 6 heteroatoms. The molecular weight excluding hydrogens is 328 g/mol. The van der Waals surface area contributed by atoms with Crippen LogP contribution in [0.5, 0.6) is 5.75 Å². The van der Waals surface area contributed by atoms with Crippen molar-refractivity contribution in [2.24, 2.45) is 5.92 Å². The van der Waals surface area contributed by atoms with Crippen molar-refractivity contribution in [3.63, 3.8) is 0 Å². The van der Waals surface area contributed by atoms with E-state index < -0.39 is 0 Å². The smallest absolute Gasteiger partial charge is 0.316 e. The van der Waals surface area contributed by atoms with E-state index in [1.807, 2.05) is 0 Å². The average molecular weight is 345 g/mol. The summed E-state index contributed by atoms with van der Waals surface area (Å²) in [7, 11) is 0. The molecule has 1 amide bonds. The number of carbonyl (C=O) groups excluding carboxylic acids is 2. The van der Waals surface area contributed by atoms with Crippen LogP contribution in [0, 0.1) is 5.92 Å². The summed E-state index contributed by atoms with van der Waals surface area (Å²) in [6.45, 7) is 1.01. The van der Waals surface area contributed by atoms with Crippen LogP contribution < -0.4 is 4.74 Å². The lowest BCUT2D eigenvalue weighted by Gasteiger charge is -2.31. The van der Waals surface area contributed by atoms with Gasteiger partial charge in [0.1, 0.15) is 5.75 Å². The highest BCUT2D eigenvalue weighted by Gasteiger charge is 2.30. The first-order chi connectivity index (χ1) is 11.6. The third-order valence-corrected chi connectivity index (χ3v) is 4.25. The fourth-order valence-electron chi connectivity index (χ4n) is 2.73. The molecule has 2 aromatic rings. The normalized spacial score (nSPS) is 17.4. The number of halogens is 1. The molecule has 1 atom stereocenters. The SMILES string of the molecule is O=C(Oc1ccc(Cl)cc1)[C@@H]1CCCN(C(=O)c2ccncc2)C1. The minimum absolute atomic E-state index is 0.0820. The largest absolute Gasteiger partial charge is 0.426 e.